The van der Waals surface area contributed by atoms with E-state index in [0.29, 0.717) is 17.4 Å². The van der Waals surface area contributed by atoms with Crippen molar-refractivity contribution in [2.45, 2.75) is 19.8 Å². The highest BCUT2D eigenvalue weighted by Crippen LogP contribution is 2.18. The Morgan fingerprint density at radius 3 is 2.87 bits per heavy atom. The lowest BCUT2D eigenvalue weighted by Gasteiger charge is -2.00. The van der Waals surface area contributed by atoms with Crippen LogP contribution in [-0.4, -0.2) is 21.7 Å². The second kappa shape index (κ2) is 3.42. The Hall–Kier alpha value is -1.78. The molecule has 80 valence electrons. The Kier molecular flexibility index (Phi) is 2.22. The van der Waals surface area contributed by atoms with Gasteiger partial charge in [0.15, 0.2) is 0 Å². The van der Waals surface area contributed by atoms with Crippen molar-refractivity contribution in [2.24, 2.45) is 0 Å². The van der Waals surface area contributed by atoms with E-state index in [0.717, 1.165) is 5.56 Å². The number of fused-ring (bicyclic) bond motifs is 1. The van der Waals surface area contributed by atoms with E-state index in [1.165, 1.54) is 7.11 Å². The molecule has 2 aromatic rings. The smallest absolute Gasteiger partial charge is 0.318 e. The van der Waals surface area contributed by atoms with E-state index >= 15 is 0 Å². The third kappa shape index (κ3) is 1.49. The molecule has 2 rings (SSSR count). The van der Waals surface area contributed by atoms with Gasteiger partial charge in [0.05, 0.1) is 7.11 Å². The summed E-state index contributed by atoms with van der Waals surface area (Å²) < 4.78 is 6.72. The predicted octanol–water partition coefficient (Wildman–Crippen LogP) is 1.15. The average molecular weight is 207 g/mol. The molecule has 0 spiro atoms. The lowest BCUT2D eigenvalue weighted by atomic mass is 10.1. The van der Waals surface area contributed by atoms with Crippen molar-refractivity contribution in [1.29, 1.82) is 0 Å². The monoisotopic (exact) mass is 207 g/mol. The minimum atomic E-state index is -0.206. The zero-order valence-electron chi connectivity index (χ0n) is 8.94. The summed E-state index contributed by atoms with van der Waals surface area (Å²) in [6.45, 7) is 4.14. The molecule has 0 aromatic carbocycles. The van der Waals surface area contributed by atoms with Crippen molar-refractivity contribution in [2.75, 3.05) is 7.11 Å². The molecule has 0 unspecified atom stereocenters. The van der Waals surface area contributed by atoms with Crippen LogP contribution in [0.15, 0.2) is 17.1 Å². The van der Waals surface area contributed by atoms with Crippen molar-refractivity contribution >= 4 is 5.52 Å². The summed E-state index contributed by atoms with van der Waals surface area (Å²) in [5.74, 6) is 0.369. The van der Waals surface area contributed by atoms with Crippen LogP contribution in [0.1, 0.15) is 25.3 Å². The molecule has 0 aliphatic rings. The third-order valence-corrected chi connectivity index (χ3v) is 2.38. The summed E-state index contributed by atoms with van der Waals surface area (Å²) in [6.07, 6.45) is 1.88. The van der Waals surface area contributed by atoms with Gasteiger partial charge in [-0.15, -0.1) is 5.10 Å². The first-order chi connectivity index (χ1) is 7.13. The number of ether oxygens (including phenoxy) is 1. The number of aromatic amines is 1. The zero-order chi connectivity index (χ0) is 11.0. The molecule has 0 atom stereocenters. The minimum Gasteiger partial charge on any atom is -0.467 e. The van der Waals surface area contributed by atoms with E-state index in [9.17, 15) is 4.79 Å². The molecule has 0 radical (unpaired) electrons. The zero-order valence-corrected chi connectivity index (χ0v) is 8.94. The summed E-state index contributed by atoms with van der Waals surface area (Å²) in [7, 11) is 1.52. The van der Waals surface area contributed by atoms with Gasteiger partial charge in [-0.3, -0.25) is 9.20 Å². The Labute approximate surface area is 86.7 Å². The van der Waals surface area contributed by atoms with Gasteiger partial charge in [-0.25, -0.2) is 5.10 Å². The SMILES string of the molecule is COc1n[nH]c(=O)c2cc(C(C)C)cn12. The van der Waals surface area contributed by atoms with Gasteiger partial charge in [0.25, 0.3) is 5.56 Å². The van der Waals surface area contributed by atoms with Gasteiger partial charge in [-0.1, -0.05) is 13.8 Å². The molecule has 0 fully saturated rings. The van der Waals surface area contributed by atoms with Crippen LogP contribution in [0.2, 0.25) is 0 Å². The van der Waals surface area contributed by atoms with Crippen LogP contribution in [0, 0.1) is 0 Å². The van der Waals surface area contributed by atoms with Crippen LogP contribution in [-0.2, 0) is 0 Å². The van der Waals surface area contributed by atoms with E-state index < -0.39 is 0 Å². The maximum absolute atomic E-state index is 11.5. The Bertz CT molecular complexity index is 539. The molecule has 2 aromatic heterocycles. The highest BCUT2D eigenvalue weighted by molar-refractivity contribution is 5.50. The molecule has 0 saturated heterocycles. The van der Waals surface area contributed by atoms with Crippen molar-refractivity contribution in [3.05, 3.63) is 28.2 Å². The second-order valence-corrected chi connectivity index (χ2v) is 3.72. The van der Waals surface area contributed by atoms with Crippen molar-refractivity contribution in [1.82, 2.24) is 14.6 Å². The van der Waals surface area contributed by atoms with Gasteiger partial charge in [0.1, 0.15) is 5.52 Å². The largest absolute Gasteiger partial charge is 0.467 e. The van der Waals surface area contributed by atoms with Crippen LogP contribution in [0.3, 0.4) is 0 Å². The summed E-state index contributed by atoms with van der Waals surface area (Å²) in [5.41, 5.74) is 1.44. The normalized spacial score (nSPS) is 11.2. The maximum atomic E-state index is 11.5. The van der Waals surface area contributed by atoms with Gasteiger partial charge in [-0.2, -0.15) is 0 Å². The van der Waals surface area contributed by atoms with Crippen molar-refractivity contribution < 1.29 is 4.74 Å². The Morgan fingerprint density at radius 2 is 2.27 bits per heavy atom. The minimum absolute atomic E-state index is 0.206. The van der Waals surface area contributed by atoms with E-state index in [4.69, 9.17) is 4.74 Å². The lowest BCUT2D eigenvalue weighted by Crippen LogP contribution is -2.12. The number of H-pyrrole nitrogens is 1. The van der Waals surface area contributed by atoms with E-state index in [1.807, 2.05) is 12.3 Å². The van der Waals surface area contributed by atoms with Crippen LogP contribution < -0.4 is 10.3 Å². The number of hydrogen-bond donors (Lipinski definition) is 1. The van der Waals surface area contributed by atoms with E-state index in [2.05, 4.69) is 24.0 Å². The fraction of sp³-hybridized carbons (Fsp3) is 0.400. The van der Waals surface area contributed by atoms with E-state index in [1.54, 1.807) is 4.40 Å². The topological polar surface area (TPSA) is 59.4 Å². The van der Waals surface area contributed by atoms with Gasteiger partial charge in [-0.05, 0) is 17.5 Å². The fourth-order valence-electron chi connectivity index (χ4n) is 1.49. The number of nitrogens with zero attached hydrogens (tertiary/aromatic N) is 2. The molecular formula is C10H13N3O2. The first kappa shape index (κ1) is 9.76. The molecule has 0 saturated carbocycles. The summed E-state index contributed by atoms with van der Waals surface area (Å²) >= 11 is 0. The van der Waals surface area contributed by atoms with Crippen LogP contribution in [0.4, 0.5) is 0 Å². The molecule has 0 aliphatic carbocycles. The molecule has 5 nitrogen and oxygen atoms in total. The maximum Gasteiger partial charge on any atom is 0.318 e. The number of rotatable bonds is 2. The molecular weight excluding hydrogens is 194 g/mol. The van der Waals surface area contributed by atoms with E-state index in [-0.39, 0.29) is 5.56 Å². The van der Waals surface area contributed by atoms with Gasteiger partial charge >= 0.3 is 6.01 Å². The lowest BCUT2D eigenvalue weighted by molar-refractivity contribution is 0.367. The van der Waals surface area contributed by atoms with Crippen LogP contribution in [0.25, 0.3) is 5.52 Å². The molecule has 0 bridgehead atoms. The summed E-state index contributed by atoms with van der Waals surface area (Å²) in [5, 5.41) is 6.20. The number of methoxy groups -OCH3 is 1. The standard InChI is InChI=1S/C10H13N3O2/c1-6(2)7-4-8-9(14)11-12-10(15-3)13(8)5-7/h4-6H,1-3H3,(H,11,14). The van der Waals surface area contributed by atoms with Crippen molar-refractivity contribution in [3.63, 3.8) is 0 Å². The second-order valence-electron chi connectivity index (χ2n) is 3.72. The average Bonchev–Trinajstić information content (AvgIpc) is 2.64. The predicted molar refractivity (Wildman–Crippen MR) is 56.5 cm³/mol. The first-order valence-electron chi connectivity index (χ1n) is 4.78. The molecule has 1 N–H and O–H groups in total. The molecule has 0 amide bonds. The number of aromatic nitrogens is 3. The number of nitrogens with one attached hydrogen (secondary N) is 1. The van der Waals surface area contributed by atoms with Crippen LogP contribution in [0.5, 0.6) is 6.01 Å². The molecule has 15 heavy (non-hydrogen) atoms. The van der Waals surface area contributed by atoms with Gasteiger partial charge < -0.3 is 4.74 Å². The summed E-state index contributed by atoms with van der Waals surface area (Å²) in [6, 6.07) is 2.24. The highest BCUT2D eigenvalue weighted by Gasteiger charge is 2.10. The first-order valence-corrected chi connectivity index (χ1v) is 4.78. The highest BCUT2D eigenvalue weighted by atomic mass is 16.5. The fourth-order valence-corrected chi connectivity index (χ4v) is 1.49. The molecule has 0 aliphatic heterocycles. The quantitative estimate of drug-likeness (QED) is 0.803. The van der Waals surface area contributed by atoms with Crippen molar-refractivity contribution in [3.8, 4) is 6.01 Å². The molecule has 2 heterocycles. The third-order valence-electron chi connectivity index (χ3n) is 2.38. The van der Waals surface area contributed by atoms with Gasteiger partial charge in [0.2, 0.25) is 0 Å². The Morgan fingerprint density at radius 1 is 1.53 bits per heavy atom. The number of hydrogen-bond acceptors (Lipinski definition) is 3. The van der Waals surface area contributed by atoms with Crippen LogP contribution >= 0.6 is 0 Å². The molecule has 5 heteroatoms. The Balaban J connectivity index is 2.78. The van der Waals surface area contributed by atoms with Gasteiger partial charge in [0, 0.05) is 6.20 Å². The summed E-state index contributed by atoms with van der Waals surface area (Å²) in [4.78, 5) is 11.5.